The number of hydrogen-bond donors (Lipinski definition) is 1. The lowest BCUT2D eigenvalue weighted by atomic mass is 9.96. The molecule has 0 atom stereocenters. The van der Waals surface area contributed by atoms with Crippen LogP contribution in [0.5, 0.6) is 0 Å². The molecule has 0 amide bonds. The highest BCUT2D eigenvalue weighted by Gasteiger charge is 2.43. The van der Waals surface area contributed by atoms with Gasteiger partial charge in [0, 0.05) is 21.5 Å². The Morgan fingerprint density at radius 1 is 1.46 bits per heavy atom. The van der Waals surface area contributed by atoms with Crippen LogP contribution in [0.4, 0.5) is 0 Å². The van der Waals surface area contributed by atoms with Crippen LogP contribution in [0.3, 0.4) is 0 Å². The molecule has 2 N–H and O–H groups in total. The molecule has 1 fully saturated rings. The summed E-state index contributed by atoms with van der Waals surface area (Å²) in [5, 5.41) is 0.767. The Morgan fingerprint density at radius 2 is 2.15 bits per heavy atom. The van der Waals surface area contributed by atoms with Gasteiger partial charge < -0.3 is 5.73 Å². The van der Waals surface area contributed by atoms with E-state index in [0.29, 0.717) is 0 Å². The third-order valence-corrected chi connectivity index (χ3v) is 3.64. The minimum absolute atomic E-state index is 0.240. The molecule has 0 bridgehead atoms. The van der Waals surface area contributed by atoms with Gasteiger partial charge in [-0.1, -0.05) is 33.6 Å². The zero-order chi connectivity index (χ0) is 9.47. The largest absolute Gasteiger partial charge is 0.330 e. The van der Waals surface area contributed by atoms with Crippen LogP contribution in [0, 0.1) is 0 Å². The van der Waals surface area contributed by atoms with E-state index in [0.717, 1.165) is 16.0 Å². The Bertz CT molecular complexity index is 334. The van der Waals surface area contributed by atoms with Crippen molar-refractivity contribution in [1.29, 1.82) is 0 Å². The molecule has 1 aliphatic rings. The summed E-state index contributed by atoms with van der Waals surface area (Å²) >= 11 is 9.39. The highest BCUT2D eigenvalue weighted by atomic mass is 79.9. The maximum Gasteiger partial charge on any atom is 0.0417 e. The minimum Gasteiger partial charge on any atom is -0.330 e. The summed E-state index contributed by atoms with van der Waals surface area (Å²) in [5.74, 6) is 0. The van der Waals surface area contributed by atoms with Crippen LogP contribution in [0.25, 0.3) is 0 Å². The molecule has 0 radical (unpaired) electrons. The molecule has 2 rings (SSSR count). The number of benzene rings is 1. The van der Waals surface area contributed by atoms with E-state index in [1.807, 2.05) is 12.1 Å². The molecule has 1 nitrogen and oxygen atoms in total. The molecule has 0 heterocycles. The molecule has 0 spiro atoms. The summed E-state index contributed by atoms with van der Waals surface area (Å²) in [6.45, 7) is 0.729. The SMILES string of the molecule is NCC1(c2ccc(Cl)cc2Br)CC1. The van der Waals surface area contributed by atoms with Crippen molar-refractivity contribution in [2.45, 2.75) is 18.3 Å². The predicted octanol–water partition coefficient (Wildman–Crippen LogP) is 3.09. The van der Waals surface area contributed by atoms with E-state index < -0.39 is 0 Å². The van der Waals surface area contributed by atoms with Crippen LogP contribution in [0.15, 0.2) is 22.7 Å². The predicted molar refractivity (Wildman–Crippen MR) is 59.1 cm³/mol. The molecule has 13 heavy (non-hydrogen) atoms. The fraction of sp³-hybridized carbons (Fsp3) is 0.400. The Morgan fingerprint density at radius 3 is 2.62 bits per heavy atom. The molecule has 70 valence electrons. The maximum atomic E-state index is 5.87. The lowest BCUT2D eigenvalue weighted by molar-refractivity contribution is 0.701. The van der Waals surface area contributed by atoms with Crippen LogP contribution in [0.2, 0.25) is 5.02 Å². The molecule has 0 saturated heterocycles. The molecule has 0 aliphatic heterocycles. The molecule has 0 unspecified atom stereocenters. The van der Waals surface area contributed by atoms with Gasteiger partial charge in [-0.3, -0.25) is 0 Å². The molecular weight excluding hydrogens is 249 g/mol. The van der Waals surface area contributed by atoms with Crippen LogP contribution in [-0.4, -0.2) is 6.54 Å². The van der Waals surface area contributed by atoms with Gasteiger partial charge in [0.1, 0.15) is 0 Å². The monoisotopic (exact) mass is 259 g/mol. The third-order valence-electron chi connectivity index (χ3n) is 2.75. The highest BCUT2D eigenvalue weighted by Crippen LogP contribution is 2.49. The normalized spacial score (nSPS) is 18.7. The van der Waals surface area contributed by atoms with Crippen LogP contribution < -0.4 is 5.73 Å². The van der Waals surface area contributed by atoms with Crippen LogP contribution in [0.1, 0.15) is 18.4 Å². The van der Waals surface area contributed by atoms with Crippen molar-refractivity contribution < 1.29 is 0 Å². The second kappa shape index (κ2) is 3.26. The number of rotatable bonds is 2. The van der Waals surface area contributed by atoms with Crippen molar-refractivity contribution in [1.82, 2.24) is 0 Å². The topological polar surface area (TPSA) is 26.0 Å². The second-order valence-corrected chi connectivity index (χ2v) is 4.90. The zero-order valence-electron chi connectivity index (χ0n) is 7.19. The number of halogens is 2. The fourth-order valence-corrected chi connectivity index (χ4v) is 2.76. The van der Waals surface area contributed by atoms with E-state index in [9.17, 15) is 0 Å². The van der Waals surface area contributed by atoms with Gasteiger partial charge in [0.2, 0.25) is 0 Å². The zero-order valence-corrected chi connectivity index (χ0v) is 9.53. The second-order valence-electron chi connectivity index (χ2n) is 3.61. The molecular formula is C10H11BrClN. The van der Waals surface area contributed by atoms with E-state index in [1.54, 1.807) is 0 Å². The Labute approximate surface area is 91.4 Å². The van der Waals surface area contributed by atoms with Gasteiger partial charge in [-0.25, -0.2) is 0 Å². The minimum atomic E-state index is 0.240. The van der Waals surface area contributed by atoms with E-state index in [-0.39, 0.29) is 5.41 Å². The summed E-state index contributed by atoms with van der Waals surface area (Å²) in [5.41, 5.74) is 7.30. The van der Waals surface area contributed by atoms with Gasteiger partial charge in [0.05, 0.1) is 0 Å². The lowest BCUT2D eigenvalue weighted by Crippen LogP contribution is -2.20. The quantitative estimate of drug-likeness (QED) is 0.869. The van der Waals surface area contributed by atoms with Crippen LogP contribution >= 0.6 is 27.5 Å². The first kappa shape index (κ1) is 9.50. The summed E-state index contributed by atoms with van der Waals surface area (Å²) in [4.78, 5) is 0. The molecule has 0 aromatic heterocycles. The van der Waals surface area contributed by atoms with Gasteiger partial charge in [0.25, 0.3) is 0 Å². The van der Waals surface area contributed by atoms with E-state index in [1.165, 1.54) is 18.4 Å². The first-order valence-electron chi connectivity index (χ1n) is 4.33. The average Bonchev–Trinajstić information content (AvgIpc) is 2.85. The molecule has 1 aliphatic carbocycles. The van der Waals surface area contributed by atoms with Crippen molar-refractivity contribution in [3.05, 3.63) is 33.3 Å². The summed E-state index contributed by atoms with van der Waals surface area (Å²) in [6, 6.07) is 5.94. The van der Waals surface area contributed by atoms with Gasteiger partial charge >= 0.3 is 0 Å². The van der Waals surface area contributed by atoms with Crippen molar-refractivity contribution in [3.8, 4) is 0 Å². The molecule has 1 aromatic carbocycles. The fourth-order valence-electron chi connectivity index (χ4n) is 1.65. The van der Waals surface area contributed by atoms with Crippen molar-refractivity contribution in [3.63, 3.8) is 0 Å². The Hall–Kier alpha value is -0.0500. The van der Waals surface area contributed by atoms with Crippen molar-refractivity contribution in [2.24, 2.45) is 5.73 Å². The molecule has 1 aromatic rings. The van der Waals surface area contributed by atoms with Crippen molar-refractivity contribution >= 4 is 27.5 Å². The molecule has 1 saturated carbocycles. The Kier molecular flexibility index (Phi) is 2.39. The van der Waals surface area contributed by atoms with Crippen molar-refractivity contribution in [2.75, 3.05) is 6.54 Å². The maximum absolute atomic E-state index is 5.87. The summed E-state index contributed by atoms with van der Waals surface area (Å²) in [7, 11) is 0. The summed E-state index contributed by atoms with van der Waals surface area (Å²) < 4.78 is 1.09. The highest BCUT2D eigenvalue weighted by molar-refractivity contribution is 9.10. The average molecular weight is 261 g/mol. The Balaban J connectivity index is 2.41. The van der Waals surface area contributed by atoms with E-state index in [2.05, 4.69) is 22.0 Å². The number of nitrogens with two attached hydrogens (primary N) is 1. The third kappa shape index (κ3) is 1.63. The van der Waals surface area contributed by atoms with E-state index >= 15 is 0 Å². The first-order valence-corrected chi connectivity index (χ1v) is 5.51. The lowest BCUT2D eigenvalue weighted by Gasteiger charge is -2.14. The standard InChI is InChI=1S/C10H11BrClN/c11-9-5-7(12)1-2-8(9)10(6-13)3-4-10/h1-2,5H,3-4,6,13H2. The van der Waals surface area contributed by atoms with Crippen LogP contribution in [-0.2, 0) is 5.41 Å². The summed E-state index contributed by atoms with van der Waals surface area (Å²) in [6.07, 6.45) is 2.40. The first-order chi connectivity index (χ1) is 6.18. The van der Waals surface area contributed by atoms with Gasteiger partial charge in [-0.15, -0.1) is 0 Å². The van der Waals surface area contributed by atoms with Gasteiger partial charge in [0.15, 0.2) is 0 Å². The smallest absolute Gasteiger partial charge is 0.0417 e. The van der Waals surface area contributed by atoms with E-state index in [4.69, 9.17) is 17.3 Å². The van der Waals surface area contributed by atoms with Gasteiger partial charge in [-0.2, -0.15) is 0 Å². The molecule has 3 heteroatoms. The number of hydrogen-bond acceptors (Lipinski definition) is 1. The van der Waals surface area contributed by atoms with Gasteiger partial charge in [-0.05, 0) is 30.5 Å².